The zero-order chi connectivity index (χ0) is 13.2. The number of pyridine rings is 1. The highest BCUT2D eigenvalue weighted by atomic mass is 32.1. The fraction of sp³-hybridized carbons (Fsp3) is 0.467. The van der Waals surface area contributed by atoms with Crippen LogP contribution in [0.4, 0.5) is 0 Å². The SMILES string of the molecule is Cc1nc(CN2CCCC2c2cccnc2)sc1C. The number of rotatable bonds is 3. The molecule has 1 fully saturated rings. The largest absolute Gasteiger partial charge is 0.290 e. The van der Waals surface area contributed by atoms with E-state index in [1.807, 2.05) is 29.8 Å². The van der Waals surface area contributed by atoms with Gasteiger partial charge < -0.3 is 0 Å². The molecule has 2 aromatic rings. The molecule has 0 spiro atoms. The van der Waals surface area contributed by atoms with Crippen LogP contribution in [0.25, 0.3) is 0 Å². The summed E-state index contributed by atoms with van der Waals surface area (Å²) in [6.07, 6.45) is 6.34. The van der Waals surface area contributed by atoms with Crippen LogP contribution in [0.1, 0.15) is 40.0 Å². The number of aromatic nitrogens is 2. The van der Waals surface area contributed by atoms with Gasteiger partial charge in [0.25, 0.3) is 0 Å². The van der Waals surface area contributed by atoms with E-state index in [9.17, 15) is 0 Å². The van der Waals surface area contributed by atoms with Gasteiger partial charge in [0.15, 0.2) is 0 Å². The monoisotopic (exact) mass is 273 g/mol. The fourth-order valence-electron chi connectivity index (χ4n) is 2.75. The number of hydrogen-bond acceptors (Lipinski definition) is 4. The van der Waals surface area contributed by atoms with Gasteiger partial charge in [-0.1, -0.05) is 6.07 Å². The predicted octanol–water partition coefficient (Wildman–Crippen LogP) is 3.49. The Morgan fingerprint density at radius 2 is 2.32 bits per heavy atom. The van der Waals surface area contributed by atoms with E-state index in [2.05, 4.69) is 34.8 Å². The van der Waals surface area contributed by atoms with Crippen LogP contribution in [0.15, 0.2) is 24.5 Å². The van der Waals surface area contributed by atoms with Crippen LogP contribution in [-0.4, -0.2) is 21.4 Å². The van der Waals surface area contributed by atoms with Crippen molar-refractivity contribution in [3.05, 3.63) is 45.7 Å². The summed E-state index contributed by atoms with van der Waals surface area (Å²) in [7, 11) is 0. The molecule has 0 aromatic carbocycles. The van der Waals surface area contributed by atoms with Gasteiger partial charge in [-0.05, 0) is 44.9 Å². The average molecular weight is 273 g/mol. The maximum Gasteiger partial charge on any atom is 0.107 e. The lowest BCUT2D eigenvalue weighted by Crippen LogP contribution is -2.22. The Kier molecular flexibility index (Phi) is 3.62. The van der Waals surface area contributed by atoms with Crippen LogP contribution in [-0.2, 0) is 6.54 Å². The first-order valence-electron chi connectivity index (χ1n) is 6.81. The van der Waals surface area contributed by atoms with Gasteiger partial charge >= 0.3 is 0 Å². The molecule has 3 rings (SSSR count). The van der Waals surface area contributed by atoms with E-state index in [-0.39, 0.29) is 0 Å². The highest BCUT2D eigenvalue weighted by Crippen LogP contribution is 2.33. The molecule has 4 heteroatoms. The number of thiazole rings is 1. The van der Waals surface area contributed by atoms with Crippen molar-refractivity contribution in [3.8, 4) is 0 Å². The highest BCUT2D eigenvalue weighted by molar-refractivity contribution is 7.11. The van der Waals surface area contributed by atoms with Crippen molar-refractivity contribution in [1.29, 1.82) is 0 Å². The summed E-state index contributed by atoms with van der Waals surface area (Å²) in [5.74, 6) is 0. The minimum absolute atomic E-state index is 0.512. The van der Waals surface area contributed by atoms with Crippen LogP contribution < -0.4 is 0 Å². The van der Waals surface area contributed by atoms with Crippen molar-refractivity contribution in [2.45, 2.75) is 39.3 Å². The Hall–Kier alpha value is -1.26. The Morgan fingerprint density at radius 3 is 3.00 bits per heavy atom. The Balaban J connectivity index is 1.77. The van der Waals surface area contributed by atoms with Gasteiger partial charge in [-0.25, -0.2) is 4.98 Å². The maximum absolute atomic E-state index is 4.66. The molecule has 0 bridgehead atoms. The maximum atomic E-state index is 4.66. The van der Waals surface area contributed by atoms with Gasteiger partial charge in [0.2, 0.25) is 0 Å². The fourth-order valence-corrected chi connectivity index (χ4v) is 3.71. The third kappa shape index (κ3) is 2.69. The number of aryl methyl sites for hydroxylation is 2. The van der Waals surface area contributed by atoms with Crippen LogP contribution in [0.3, 0.4) is 0 Å². The first kappa shape index (κ1) is 12.8. The highest BCUT2D eigenvalue weighted by Gasteiger charge is 2.26. The molecule has 1 aliphatic rings. The van der Waals surface area contributed by atoms with E-state index >= 15 is 0 Å². The summed E-state index contributed by atoms with van der Waals surface area (Å²) >= 11 is 1.83. The average Bonchev–Trinajstić information content (AvgIpc) is 2.99. The number of likely N-dealkylation sites (tertiary alicyclic amines) is 1. The van der Waals surface area contributed by atoms with Crippen molar-refractivity contribution in [1.82, 2.24) is 14.9 Å². The zero-order valence-electron chi connectivity index (χ0n) is 11.5. The van der Waals surface area contributed by atoms with Gasteiger partial charge in [0.1, 0.15) is 5.01 Å². The number of nitrogens with zero attached hydrogens (tertiary/aromatic N) is 3. The van der Waals surface area contributed by atoms with E-state index in [0.29, 0.717) is 6.04 Å². The minimum atomic E-state index is 0.512. The smallest absolute Gasteiger partial charge is 0.107 e. The first-order valence-corrected chi connectivity index (χ1v) is 7.62. The Labute approximate surface area is 118 Å². The summed E-state index contributed by atoms with van der Waals surface area (Å²) in [5.41, 5.74) is 2.52. The standard InChI is InChI=1S/C15H19N3S/c1-11-12(2)19-15(17-11)10-18-8-4-6-14(18)13-5-3-7-16-9-13/h3,5,7,9,14H,4,6,8,10H2,1-2H3. The van der Waals surface area contributed by atoms with E-state index in [4.69, 9.17) is 0 Å². The molecular formula is C15H19N3S. The van der Waals surface area contributed by atoms with Gasteiger partial charge in [0, 0.05) is 23.3 Å². The van der Waals surface area contributed by atoms with Crippen LogP contribution >= 0.6 is 11.3 Å². The van der Waals surface area contributed by atoms with Gasteiger partial charge in [-0.2, -0.15) is 0 Å². The molecule has 100 valence electrons. The predicted molar refractivity (Wildman–Crippen MR) is 78.2 cm³/mol. The van der Waals surface area contributed by atoms with E-state index < -0.39 is 0 Å². The molecule has 0 amide bonds. The molecule has 0 N–H and O–H groups in total. The second-order valence-corrected chi connectivity index (χ2v) is 6.45. The third-order valence-electron chi connectivity index (χ3n) is 3.84. The second-order valence-electron chi connectivity index (χ2n) is 5.16. The van der Waals surface area contributed by atoms with Crippen LogP contribution in [0, 0.1) is 13.8 Å². The summed E-state index contributed by atoms with van der Waals surface area (Å²) in [6.45, 7) is 6.38. The summed E-state index contributed by atoms with van der Waals surface area (Å²) in [4.78, 5) is 12.8. The van der Waals surface area contributed by atoms with Gasteiger partial charge in [0.05, 0.1) is 12.2 Å². The zero-order valence-corrected chi connectivity index (χ0v) is 12.3. The van der Waals surface area contributed by atoms with E-state index in [0.717, 1.165) is 13.1 Å². The van der Waals surface area contributed by atoms with Gasteiger partial charge in [-0.3, -0.25) is 9.88 Å². The lowest BCUT2D eigenvalue weighted by Gasteiger charge is -2.23. The van der Waals surface area contributed by atoms with Crippen LogP contribution in [0.2, 0.25) is 0 Å². The second kappa shape index (κ2) is 5.39. The van der Waals surface area contributed by atoms with Crippen molar-refractivity contribution in [2.75, 3.05) is 6.54 Å². The third-order valence-corrected chi connectivity index (χ3v) is 4.90. The lowest BCUT2D eigenvalue weighted by molar-refractivity contribution is 0.247. The first-order chi connectivity index (χ1) is 9.24. The molecule has 19 heavy (non-hydrogen) atoms. The molecule has 0 saturated carbocycles. The topological polar surface area (TPSA) is 29.0 Å². The summed E-state index contributed by atoms with van der Waals surface area (Å²) < 4.78 is 0. The molecule has 1 unspecified atom stereocenters. The quantitative estimate of drug-likeness (QED) is 0.857. The Bertz CT molecular complexity index is 530. The van der Waals surface area contributed by atoms with E-state index in [1.54, 1.807) is 0 Å². The summed E-state index contributed by atoms with van der Waals surface area (Å²) in [5, 5.41) is 1.24. The molecule has 3 nitrogen and oxygen atoms in total. The molecule has 3 heterocycles. The Morgan fingerprint density at radius 1 is 1.42 bits per heavy atom. The molecule has 0 radical (unpaired) electrons. The normalized spacial score (nSPS) is 20.0. The van der Waals surface area contributed by atoms with Crippen molar-refractivity contribution >= 4 is 11.3 Å². The molecule has 0 aliphatic carbocycles. The van der Waals surface area contributed by atoms with Crippen molar-refractivity contribution < 1.29 is 0 Å². The number of hydrogen-bond donors (Lipinski definition) is 0. The molecule has 1 atom stereocenters. The summed E-state index contributed by atoms with van der Waals surface area (Å²) in [6, 6.07) is 4.73. The molecular weight excluding hydrogens is 254 g/mol. The van der Waals surface area contributed by atoms with E-state index in [1.165, 1.54) is 34.0 Å². The lowest BCUT2D eigenvalue weighted by atomic mass is 10.1. The van der Waals surface area contributed by atoms with Crippen molar-refractivity contribution in [2.24, 2.45) is 0 Å². The van der Waals surface area contributed by atoms with Gasteiger partial charge in [-0.15, -0.1) is 11.3 Å². The molecule has 1 aliphatic heterocycles. The van der Waals surface area contributed by atoms with Crippen LogP contribution in [0.5, 0.6) is 0 Å². The molecule has 2 aromatic heterocycles. The minimum Gasteiger partial charge on any atom is -0.290 e. The molecule has 1 saturated heterocycles. The van der Waals surface area contributed by atoms with Crippen molar-refractivity contribution in [3.63, 3.8) is 0 Å².